The molecule has 2 aromatic rings. The molecule has 1 unspecified atom stereocenters. The van der Waals surface area contributed by atoms with Crippen molar-refractivity contribution in [2.45, 2.75) is 44.2 Å². The quantitative estimate of drug-likeness (QED) is 0.735. The normalized spacial score (nSPS) is 20.0. The summed E-state index contributed by atoms with van der Waals surface area (Å²) in [4.78, 5) is 30.3. The molecule has 4 heterocycles. The van der Waals surface area contributed by atoms with Gasteiger partial charge in [0.15, 0.2) is 0 Å². The minimum absolute atomic E-state index is 0.0156. The number of alkyl halides is 4. The maximum absolute atomic E-state index is 13.1. The number of amides is 1. The van der Waals surface area contributed by atoms with E-state index in [0.717, 1.165) is 10.7 Å². The summed E-state index contributed by atoms with van der Waals surface area (Å²) in [6.45, 7) is -0.205. The van der Waals surface area contributed by atoms with Gasteiger partial charge in [-0.2, -0.15) is 18.3 Å². The van der Waals surface area contributed by atoms with Gasteiger partial charge in [-0.1, -0.05) is 6.07 Å². The van der Waals surface area contributed by atoms with Crippen LogP contribution in [0.25, 0.3) is 0 Å². The van der Waals surface area contributed by atoms with E-state index in [-0.39, 0.29) is 31.2 Å². The van der Waals surface area contributed by atoms with Crippen molar-refractivity contribution >= 4 is 5.91 Å². The zero-order valence-electron chi connectivity index (χ0n) is 14.7. The first-order valence-corrected chi connectivity index (χ1v) is 8.88. The first kappa shape index (κ1) is 18.6. The molecule has 0 spiro atoms. The van der Waals surface area contributed by atoms with Gasteiger partial charge in [-0.25, -0.2) is 18.9 Å². The molecule has 0 aliphatic carbocycles. The van der Waals surface area contributed by atoms with Crippen molar-refractivity contribution in [3.63, 3.8) is 0 Å². The van der Waals surface area contributed by atoms with Gasteiger partial charge in [0.2, 0.25) is 5.91 Å². The van der Waals surface area contributed by atoms with Crippen LogP contribution in [0.5, 0.6) is 0 Å². The van der Waals surface area contributed by atoms with Crippen LogP contribution < -0.4 is 5.69 Å². The smallest absolute Gasteiger partial charge is 0.335 e. The Hall–Kier alpha value is -2.72. The first-order chi connectivity index (χ1) is 13.2. The zero-order valence-corrected chi connectivity index (χ0v) is 14.7. The second-order valence-corrected chi connectivity index (χ2v) is 6.99. The zero-order chi connectivity index (χ0) is 20.1. The summed E-state index contributed by atoms with van der Waals surface area (Å²) >= 11 is 0. The molecular weight excluding hydrogens is 382 g/mol. The molecule has 1 atom stereocenters. The van der Waals surface area contributed by atoms with Crippen molar-refractivity contribution in [2.24, 2.45) is 0 Å². The Morgan fingerprint density at radius 2 is 2.00 bits per heavy atom. The molecule has 0 N–H and O–H groups in total. The topological polar surface area (TPSA) is 73.0 Å². The van der Waals surface area contributed by atoms with E-state index in [9.17, 15) is 27.2 Å². The molecule has 1 saturated heterocycles. The second-order valence-electron chi connectivity index (χ2n) is 6.99. The Morgan fingerprint density at radius 1 is 1.25 bits per heavy atom. The third-order valence-electron chi connectivity index (χ3n) is 4.97. The number of nitrogens with zero attached hydrogens (tertiary/aromatic N) is 5. The van der Waals surface area contributed by atoms with Crippen molar-refractivity contribution in [1.82, 2.24) is 24.2 Å². The van der Waals surface area contributed by atoms with Gasteiger partial charge in [-0.15, -0.1) is 0 Å². The Balaban J connectivity index is 1.61. The summed E-state index contributed by atoms with van der Waals surface area (Å²) in [5.74, 6) is 0.0765. The number of hydrogen-bond acceptors (Lipinski definition) is 4. The Kier molecular flexibility index (Phi) is 4.47. The molecular formula is C17H17F4N5O2. The average Bonchev–Trinajstić information content (AvgIpc) is 2.94. The number of hydrogen-bond donors (Lipinski definition) is 0. The van der Waals surface area contributed by atoms with E-state index in [1.165, 1.54) is 21.6 Å². The summed E-state index contributed by atoms with van der Waals surface area (Å²) in [6, 6.07) is 2.69. The Bertz CT molecular complexity index is 961. The van der Waals surface area contributed by atoms with E-state index in [1.54, 1.807) is 0 Å². The minimum Gasteiger partial charge on any atom is -0.335 e. The molecule has 0 bridgehead atoms. The van der Waals surface area contributed by atoms with Crippen molar-refractivity contribution in [2.75, 3.05) is 13.1 Å². The highest BCUT2D eigenvalue weighted by Crippen LogP contribution is 2.28. The van der Waals surface area contributed by atoms with Crippen LogP contribution in [-0.2, 0) is 23.9 Å². The fourth-order valence-electron chi connectivity index (χ4n) is 3.56. The van der Waals surface area contributed by atoms with Crippen molar-refractivity contribution < 1.29 is 22.4 Å². The van der Waals surface area contributed by atoms with Gasteiger partial charge in [-0.3, -0.25) is 9.36 Å². The van der Waals surface area contributed by atoms with E-state index in [2.05, 4.69) is 10.1 Å². The molecule has 1 fully saturated rings. The number of carbonyl (C=O) groups is 1. The monoisotopic (exact) mass is 399 g/mol. The van der Waals surface area contributed by atoms with Crippen LogP contribution in [-0.4, -0.2) is 49.4 Å². The van der Waals surface area contributed by atoms with Crippen LogP contribution in [0, 0.1) is 0 Å². The predicted molar refractivity (Wildman–Crippen MR) is 88.3 cm³/mol. The van der Waals surface area contributed by atoms with Crippen molar-refractivity contribution in [3.8, 4) is 0 Å². The number of carbonyl (C=O) groups excluding carboxylic acids is 1. The van der Waals surface area contributed by atoms with Crippen molar-refractivity contribution in [1.29, 1.82) is 0 Å². The van der Waals surface area contributed by atoms with E-state index in [1.807, 2.05) is 0 Å². The molecule has 0 radical (unpaired) electrons. The molecule has 1 amide bonds. The average molecular weight is 399 g/mol. The molecule has 2 aliphatic heterocycles. The second kappa shape index (κ2) is 6.71. The molecule has 0 aromatic carbocycles. The van der Waals surface area contributed by atoms with Crippen LogP contribution in [0.2, 0.25) is 0 Å². The van der Waals surface area contributed by atoms with Crippen LogP contribution in [0.1, 0.15) is 36.1 Å². The highest BCUT2D eigenvalue weighted by Gasteiger charge is 2.38. The van der Waals surface area contributed by atoms with Gasteiger partial charge in [0.1, 0.15) is 23.7 Å². The third kappa shape index (κ3) is 3.29. The Morgan fingerprint density at radius 3 is 2.68 bits per heavy atom. The third-order valence-corrected chi connectivity index (χ3v) is 4.97. The predicted octanol–water partition coefficient (Wildman–Crippen LogP) is 1.56. The highest BCUT2D eigenvalue weighted by molar-refractivity contribution is 5.81. The van der Waals surface area contributed by atoms with Gasteiger partial charge in [-0.05, 0) is 25.0 Å². The molecule has 2 aromatic heterocycles. The fourth-order valence-corrected chi connectivity index (χ4v) is 3.56. The number of aryl methyl sites for hydroxylation is 1. The molecule has 150 valence electrons. The number of fused-ring (bicyclic) bond motifs is 1. The number of likely N-dealkylation sites (tertiary alicyclic amines) is 1. The van der Waals surface area contributed by atoms with E-state index in [4.69, 9.17) is 0 Å². The molecule has 4 rings (SSSR count). The molecule has 11 heteroatoms. The van der Waals surface area contributed by atoms with Gasteiger partial charge in [0.25, 0.3) is 0 Å². The van der Waals surface area contributed by atoms with Gasteiger partial charge in [0, 0.05) is 6.42 Å². The maximum atomic E-state index is 13.1. The lowest BCUT2D eigenvalue weighted by Crippen LogP contribution is -2.54. The lowest BCUT2D eigenvalue weighted by Gasteiger charge is -2.37. The summed E-state index contributed by atoms with van der Waals surface area (Å²) in [6.07, 6.45) is -4.07. The number of rotatable bonds is 3. The van der Waals surface area contributed by atoms with E-state index in [0.29, 0.717) is 25.1 Å². The number of pyridine rings is 1. The first-order valence-electron chi connectivity index (χ1n) is 8.88. The largest absolute Gasteiger partial charge is 0.433 e. The maximum Gasteiger partial charge on any atom is 0.433 e. The van der Waals surface area contributed by atoms with Crippen LogP contribution in [0.3, 0.4) is 0 Å². The standard InChI is InChI=1S/C17H17F4N5O2/c18-10-7-24(8-10)15(27)12-4-2-6-14-23-25(16(28)26(12)14)9-11-3-1-5-13(22-11)17(19,20)21/h1,3,5,10,12H,2,4,6-9H2. The molecule has 28 heavy (non-hydrogen) atoms. The van der Waals surface area contributed by atoms with Gasteiger partial charge in [0.05, 0.1) is 25.3 Å². The minimum atomic E-state index is -4.59. The summed E-state index contributed by atoms with van der Waals surface area (Å²) in [5.41, 5.74) is -1.59. The lowest BCUT2D eigenvalue weighted by molar-refractivity contribution is -0.143. The van der Waals surface area contributed by atoms with Crippen molar-refractivity contribution in [3.05, 3.63) is 45.9 Å². The molecule has 7 nitrogen and oxygen atoms in total. The fraction of sp³-hybridized carbons (Fsp3) is 0.529. The van der Waals surface area contributed by atoms with E-state index >= 15 is 0 Å². The van der Waals surface area contributed by atoms with Gasteiger partial charge >= 0.3 is 11.9 Å². The SMILES string of the molecule is O=C(C1CCCc2nn(Cc3cccc(C(F)(F)F)n3)c(=O)n21)N1CC(F)C1. The molecule has 0 saturated carbocycles. The Labute approximate surface area is 156 Å². The van der Waals surface area contributed by atoms with Crippen LogP contribution >= 0.6 is 0 Å². The van der Waals surface area contributed by atoms with Crippen LogP contribution in [0.4, 0.5) is 17.6 Å². The highest BCUT2D eigenvalue weighted by atomic mass is 19.4. The number of aromatic nitrogens is 4. The summed E-state index contributed by atoms with van der Waals surface area (Å²) in [5, 5.41) is 4.19. The molecule has 2 aliphatic rings. The van der Waals surface area contributed by atoms with Gasteiger partial charge < -0.3 is 4.90 Å². The lowest BCUT2D eigenvalue weighted by atomic mass is 10.0. The van der Waals surface area contributed by atoms with E-state index < -0.39 is 29.8 Å². The summed E-state index contributed by atoms with van der Waals surface area (Å²) < 4.78 is 53.9. The van der Waals surface area contributed by atoms with Crippen LogP contribution in [0.15, 0.2) is 23.0 Å². The summed E-state index contributed by atoms with van der Waals surface area (Å²) in [7, 11) is 0. The number of halogens is 4.